The molecule has 0 bridgehead atoms. The van der Waals surface area contributed by atoms with Crippen molar-refractivity contribution in [3.63, 3.8) is 0 Å². The van der Waals surface area contributed by atoms with E-state index in [0.29, 0.717) is 19.4 Å². The summed E-state index contributed by atoms with van der Waals surface area (Å²) in [6.07, 6.45) is 1.14. The van der Waals surface area contributed by atoms with Gasteiger partial charge in [0, 0.05) is 12.6 Å². The van der Waals surface area contributed by atoms with Crippen LogP contribution in [-0.2, 0) is 21.1 Å². The molecule has 3 N–H and O–H groups in total. The summed E-state index contributed by atoms with van der Waals surface area (Å²) in [4.78, 5) is 23.2. The smallest absolute Gasteiger partial charge is 0.315 e. The highest BCUT2D eigenvalue weighted by molar-refractivity contribution is 7.91. The zero-order valence-electron chi connectivity index (χ0n) is 12.7. The van der Waals surface area contributed by atoms with Gasteiger partial charge in [-0.05, 0) is 18.4 Å². The van der Waals surface area contributed by atoms with E-state index in [1.165, 1.54) is 0 Å². The van der Waals surface area contributed by atoms with Crippen molar-refractivity contribution in [1.29, 1.82) is 0 Å². The van der Waals surface area contributed by atoms with Crippen LogP contribution in [0.1, 0.15) is 12.0 Å². The molecule has 1 atom stereocenters. The van der Waals surface area contributed by atoms with Gasteiger partial charge in [0.25, 0.3) is 0 Å². The predicted octanol–water partition coefficient (Wildman–Crippen LogP) is -0.168. The molecule has 1 fully saturated rings. The molecule has 1 aromatic carbocycles. The number of urea groups is 1. The second-order valence-electron chi connectivity index (χ2n) is 5.51. The number of carbonyl (C=O) groups is 2. The van der Waals surface area contributed by atoms with E-state index in [-0.39, 0.29) is 30.0 Å². The van der Waals surface area contributed by atoms with Crippen LogP contribution in [0.25, 0.3) is 0 Å². The summed E-state index contributed by atoms with van der Waals surface area (Å²) in [5.41, 5.74) is 1.12. The molecule has 23 heavy (non-hydrogen) atoms. The third kappa shape index (κ3) is 6.27. The van der Waals surface area contributed by atoms with Gasteiger partial charge in [0.2, 0.25) is 5.91 Å². The van der Waals surface area contributed by atoms with Gasteiger partial charge >= 0.3 is 6.03 Å². The summed E-state index contributed by atoms with van der Waals surface area (Å²) in [5.74, 6) is -0.307. The van der Waals surface area contributed by atoms with Crippen LogP contribution in [0, 0.1) is 0 Å². The highest BCUT2D eigenvalue weighted by atomic mass is 32.2. The number of hydrogen-bond donors (Lipinski definition) is 3. The standard InChI is InChI=1S/C15H21N3O4S/c19-14(18-13-7-9-23(21,22)11-13)10-17-15(20)16-8-6-12-4-2-1-3-5-12/h1-5,13H,6-11H2,(H,18,19)(H2,16,17,20). The molecule has 126 valence electrons. The van der Waals surface area contributed by atoms with Crippen molar-refractivity contribution in [3.05, 3.63) is 35.9 Å². The molecule has 1 aliphatic rings. The Hall–Kier alpha value is -2.09. The Morgan fingerprint density at radius 3 is 2.52 bits per heavy atom. The van der Waals surface area contributed by atoms with Crippen molar-refractivity contribution in [2.45, 2.75) is 18.9 Å². The molecule has 0 aliphatic carbocycles. The lowest BCUT2D eigenvalue weighted by Crippen LogP contribution is -2.45. The van der Waals surface area contributed by atoms with E-state index in [9.17, 15) is 18.0 Å². The number of rotatable bonds is 6. The number of hydrogen-bond acceptors (Lipinski definition) is 4. The highest BCUT2D eigenvalue weighted by Gasteiger charge is 2.28. The number of nitrogens with one attached hydrogen (secondary N) is 3. The van der Waals surface area contributed by atoms with Gasteiger partial charge in [0.1, 0.15) is 0 Å². The quantitative estimate of drug-likeness (QED) is 0.669. The molecule has 0 spiro atoms. The fourth-order valence-corrected chi connectivity index (χ4v) is 4.05. The van der Waals surface area contributed by atoms with Crippen LogP contribution in [-0.4, -0.2) is 51.0 Å². The van der Waals surface area contributed by atoms with Gasteiger partial charge in [0.05, 0.1) is 18.1 Å². The molecule has 1 aromatic rings. The van der Waals surface area contributed by atoms with E-state index < -0.39 is 15.9 Å². The van der Waals surface area contributed by atoms with E-state index in [4.69, 9.17) is 0 Å². The Morgan fingerprint density at radius 2 is 1.87 bits per heavy atom. The molecule has 2 rings (SSSR count). The number of carbonyl (C=O) groups excluding carboxylic acids is 2. The summed E-state index contributed by atoms with van der Waals surface area (Å²) < 4.78 is 22.6. The summed E-state index contributed by atoms with van der Waals surface area (Å²) in [6.45, 7) is 0.298. The zero-order valence-corrected chi connectivity index (χ0v) is 13.6. The molecular weight excluding hydrogens is 318 g/mol. The molecule has 0 aromatic heterocycles. The molecule has 1 heterocycles. The van der Waals surface area contributed by atoms with Crippen molar-refractivity contribution < 1.29 is 18.0 Å². The van der Waals surface area contributed by atoms with Crippen LogP contribution in [0.5, 0.6) is 0 Å². The number of sulfone groups is 1. The maximum atomic E-state index is 11.7. The van der Waals surface area contributed by atoms with Gasteiger partial charge in [-0.1, -0.05) is 30.3 Å². The van der Waals surface area contributed by atoms with Gasteiger partial charge in [-0.2, -0.15) is 0 Å². The Labute approximate surface area is 135 Å². The highest BCUT2D eigenvalue weighted by Crippen LogP contribution is 2.10. The van der Waals surface area contributed by atoms with Crippen molar-refractivity contribution in [2.24, 2.45) is 0 Å². The molecule has 1 saturated heterocycles. The molecule has 0 saturated carbocycles. The Morgan fingerprint density at radius 1 is 1.13 bits per heavy atom. The van der Waals surface area contributed by atoms with Crippen LogP contribution in [0.2, 0.25) is 0 Å². The third-order valence-electron chi connectivity index (χ3n) is 3.55. The molecule has 8 heteroatoms. The van der Waals surface area contributed by atoms with Crippen LogP contribution in [0.3, 0.4) is 0 Å². The lowest BCUT2D eigenvalue weighted by Gasteiger charge is -2.12. The minimum Gasteiger partial charge on any atom is -0.351 e. The minimum atomic E-state index is -3.03. The van der Waals surface area contributed by atoms with Crippen molar-refractivity contribution in [2.75, 3.05) is 24.6 Å². The molecule has 1 aliphatic heterocycles. The maximum absolute atomic E-state index is 11.7. The van der Waals surface area contributed by atoms with Crippen LogP contribution in [0.4, 0.5) is 4.79 Å². The minimum absolute atomic E-state index is 0.0258. The third-order valence-corrected chi connectivity index (χ3v) is 5.32. The first-order valence-electron chi connectivity index (χ1n) is 7.50. The largest absolute Gasteiger partial charge is 0.351 e. The fraction of sp³-hybridized carbons (Fsp3) is 0.467. The molecule has 3 amide bonds. The van der Waals surface area contributed by atoms with E-state index >= 15 is 0 Å². The molecule has 0 radical (unpaired) electrons. The first-order valence-corrected chi connectivity index (χ1v) is 9.32. The van der Waals surface area contributed by atoms with E-state index in [2.05, 4.69) is 16.0 Å². The topological polar surface area (TPSA) is 104 Å². The van der Waals surface area contributed by atoms with Crippen LogP contribution < -0.4 is 16.0 Å². The predicted molar refractivity (Wildman–Crippen MR) is 86.7 cm³/mol. The fourth-order valence-electron chi connectivity index (χ4n) is 2.38. The zero-order chi connectivity index (χ0) is 16.7. The summed E-state index contributed by atoms with van der Waals surface area (Å²) in [5, 5.41) is 7.73. The van der Waals surface area contributed by atoms with Crippen molar-refractivity contribution >= 4 is 21.8 Å². The number of benzene rings is 1. The normalized spacial score (nSPS) is 19.0. The first kappa shape index (κ1) is 17.3. The monoisotopic (exact) mass is 339 g/mol. The summed E-state index contributed by atoms with van der Waals surface area (Å²) >= 11 is 0. The second kappa shape index (κ2) is 7.96. The number of amides is 3. The van der Waals surface area contributed by atoms with E-state index in [0.717, 1.165) is 5.56 Å². The van der Waals surface area contributed by atoms with Crippen molar-refractivity contribution in [3.8, 4) is 0 Å². The molecule has 7 nitrogen and oxygen atoms in total. The molecule has 1 unspecified atom stereocenters. The van der Waals surface area contributed by atoms with E-state index in [1.807, 2.05) is 30.3 Å². The average Bonchev–Trinajstić information content (AvgIpc) is 2.85. The summed E-state index contributed by atoms with van der Waals surface area (Å²) in [6, 6.07) is 8.97. The Bertz CT molecular complexity index is 646. The van der Waals surface area contributed by atoms with Gasteiger partial charge in [0.15, 0.2) is 9.84 Å². The average molecular weight is 339 g/mol. The lowest BCUT2D eigenvalue weighted by atomic mass is 10.1. The van der Waals surface area contributed by atoms with Gasteiger partial charge in [-0.25, -0.2) is 13.2 Å². The van der Waals surface area contributed by atoms with Gasteiger partial charge in [-0.15, -0.1) is 0 Å². The lowest BCUT2D eigenvalue weighted by molar-refractivity contribution is -0.120. The van der Waals surface area contributed by atoms with Crippen molar-refractivity contribution in [1.82, 2.24) is 16.0 Å². The maximum Gasteiger partial charge on any atom is 0.315 e. The van der Waals surface area contributed by atoms with Crippen LogP contribution in [0.15, 0.2) is 30.3 Å². The summed E-state index contributed by atoms with van der Waals surface area (Å²) in [7, 11) is -3.03. The Balaban J connectivity index is 1.59. The van der Waals surface area contributed by atoms with Gasteiger partial charge < -0.3 is 16.0 Å². The first-order chi connectivity index (χ1) is 10.9. The second-order valence-corrected chi connectivity index (χ2v) is 7.74. The SMILES string of the molecule is O=C(CNC(=O)NCCc1ccccc1)NC1CCS(=O)(=O)C1. The van der Waals surface area contributed by atoms with Gasteiger partial charge in [-0.3, -0.25) is 4.79 Å². The molecular formula is C15H21N3O4S. The Kier molecular flexibility index (Phi) is 5.97. The van der Waals surface area contributed by atoms with Crippen LogP contribution >= 0.6 is 0 Å². The van der Waals surface area contributed by atoms with E-state index in [1.54, 1.807) is 0 Å².